The van der Waals surface area contributed by atoms with Gasteiger partial charge >= 0.3 is 0 Å². The van der Waals surface area contributed by atoms with Crippen LogP contribution in [0.5, 0.6) is 0 Å². The van der Waals surface area contributed by atoms with Crippen LogP contribution in [0, 0.1) is 6.92 Å². The van der Waals surface area contributed by atoms with Gasteiger partial charge in [-0.2, -0.15) is 0 Å². The molecule has 4 heteroatoms. The minimum atomic E-state index is -0.0629. The second-order valence-electron chi connectivity index (χ2n) is 3.67. The Morgan fingerprint density at radius 3 is 2.41 bits per heavy atom. The van der Waals surface area contributed by atoms with E-state index >= 15 is 0 Å². The van der Waals surface area contributed by atoms with Crippen molar-refractivity contribution < 1.29 is 9.21 Å². The smallest absolute Gasteiger partial charge is 0.221 e. The van der Waals surface area contributed by atoms with Gasteiger partial charge in [0.15, 0.2) is 5.09 Å². The van der Waals surface area contributed by atoms with Crippen molar-refractivity contribution in [3.8, 4) is 0 Å². The van der Waals surface area contributed by atoms with Gasteiger partial charge < -0.3 is 9.73 Å². The average Bonchev–Trinajstić information content (AvgIpc) is 2.66. The lowest BCUT2D eigenvalue weighted by atomic mass is 10.3. The topological polar surface area (TPSA) is 42.2 Å². The second-order valence-corrected chi connectivity index (χ2v) is 4.75. The van der Waals surface area contributed by atoms with E-state index in [2.05, 4.69) is 5.32 Å². The number of carbonyl (C=O) groups is 1. The third kappa shape index (κ3) is 3.39. The Morgan fingerprint density at radius 1 is 1.18 bits per heavy atom. The van der Waals surface area contributed by atoms with Crippen molar-refractivity contribution in [3.05, 3.63) is 42.2 Å². The zero-order chi connectivity index (χ0) is 12.3. The Labute approximate surface area is 104 Å². The molecule has 3 nitrogen and oxygen atoms in total. The molecule has 0 radical (unpaired) electrons. The summed E-state index contributed by atoms with van der Waals surface area (Å²) in [6.07, 6.45) is 0. The number of nitrogens with one attached hydrogen (secondary N) is 1. The number of amides is 1. The number of hydrogen-bond donors (Lipinski definition) is 1. The maximum absolute atomic E-state index is 10.9. The van der Waals surface area contributed by atoms with Crippen LogP contribution in [0.3, 0.4) is 0 Å². The third-order valence-electron chi connectivity index (χ3n) is 2.11. The van der Waals surface area contributed by atoms with E-state index in [-0.39, 0.29) is 5.91 Å². The normalized spacial score (nSPS) is 10.2. The molecule has 0 aliphatic heterocycles. The lowest BCUT2D eigenvalue weighted by Crippen LogP contribution is -2.05. The highest BCUT2D eigenvalue weighted by Gasteiger charge is 2.02. The van der Waals surface area contributed by atoms with Gasteiger partial charge in [-0.1, -0.05) is 11.8 Å². The summed E-state index contributed by atoms with van der Waals surface area (Å²) in [6, 6.07) is 11.5. The summed E-state index contributed by atoms with van der Waals surface area (Å²) in [4.78, 5) is 11.9. The van der Waals surface area contributed by atoms with E-state index in [4.69, 9.17) is 4.42 Å². The van der Waals surface area contributed by atoms with E-state index in [9.17, 15) is 4.79 Å². The van der Waals surface area contributed by atoms with Gasteiger partial charge in [-0.05, 0) is 43.3 Å². The number of hydrogen-bond acceptors (Lipinski definition) is 3. The van der Waals surface area contributed by atoms with Crippen molar-refractivity contribution in [2.45, 2.75) is 23.8 Å². The fraction of sp³-hybridized carbons (Fsp3) is 0.154. The molecule has 1 amide bonds. The molecule has 1 aromatic carbocycles. The van der Waals surface area contributed by atoms with Crippen molar-refractivity contribution in [1.29, 1.82) is 0 Å². The lowest BCUT2D eigenvalue weighted by molar-refractivity contribution is -0.114. The molecular weight excluding hydrogens is 234 g/mol. The molecule has 0 bridgehead atoms. The largest absolute Gasteiger partial charge is 0.455 e. The van der Waals surface area contributed by atoms with E-state index in [0.29, 0.717) is 0 Å². The number of furan rings is 1. The first-order chi connectivity index (χ1) is 8.13. The van der Waals surface area contributed by atoms with E-state index in [1.807, 2.05) is 43.3 Å². The van der Waals surface area contributed by atoms with Crippen LogP contribution >= 0.6 is 11.8 Å². The summed E-state index contributed by atoms with van der Waals surface area (Å²) in [6.45, 7) is 3.41. The average molecular weight is 247 g/mol. The molecule has 0 aliphatic carbocycles. The summed E-state index contributed by atoms with van der Waals surface area (Å²) >= 11 is 1.56. The van der Waals surface area contributed by atoms with E-state index in [0.717, 1.165) is 21.4 Å². The summed E-state index contributed by atoms with van der Waals surface area (Å²) in [5, 5.41) is 3.60. The monoisotopic (exact) mass is 247 g/mol. The fourth-order valence-electron chi connectivity index (χ4n) is 1.39. The molecule has 1 N–H and O–H groups in total. The number of benzene rings is 1. The predicted molar refractivity (Wildman–Crippen MR) is 68.3 cm³/mol. The zero-order valence-electron chi connectivity index (χ0n) is 9.69. The molecule has 0 saturated carbocycles. The highest BCUT2D eigenvalue weighted by Crippen LogP contribution is 2.29. The van der Waals surface area contributed by atoms with Gasteiger partial charge in [0, 0.05) is 17.5 Å². The summed E-state index contributed by atoms with van der Waals surface area (Å²) < 4.78 is 5.48. The van der Waals surface area contributed by atoms with Crippen LogP contribution in [-0.2, 0) is 4.79 Å². The molecule has 17 heavy (non-hydrogen) atoms. The molecule has 0 spiro atoms. The highest BCUT2D eigenvalue weighted by atomic mass is 32.2. The number of rotatable bonds is 3. The standard InChI is InChI=1S/C13H13NO2S/c1-9-3-8-13(16-9)17-12-6-4-11(5-7-12)14-10(2)15/h3-8H,1-2H3,(H,14,15). The van der Waals surface area contributed by atoms with Crippen molar-refractivity contribution >= 4 is 23.4 Å². The van der Waals surface area contributed by atoms with Crippen molar-refractivity contribution in [1.82, 2.24) is 0 Å². The van der Waals surface area contributed by atoms with Crippen molar-refractivity contribution in [2.75, 3.05) is 5.32 Å². The molecule has 0 saturated heterocycles. The molecule has 0 unspecified atom stereocenters. The van der Waals surface area contributed by atoms with E-state index < -0.39 is 0 Å². The van der Waals surface area contributed by atoms with Gasteiger partial charge in [-0.3, -0.25) is 4.79 Å². The molecule has 0 atom stereocenters. The summed E-state index contributed by atoms with van der Waals surface area (Å²) in [5.41, 5.74) is 0.803. The quantitative estimate of drug-likeness (QED) is 0.899. The van der Waals surface area contributed by atoms with Crippen LogP contribution in [0.2, 0.25) is 0 Å². The van der Waals surface area contributed by atoms with Gasteiger partial charge in [0.25, 0.3) is 0 Å². The summed E-state index contributed by atoms with van der Waals surface area (Å²) in [7, 11) is 0. The first-order valence-electron chi connectivity index (χ1n) is 5.25. The zero-order valence-corrected chi connectivity index (χ0v) is 10.5. The molecule has 0 fully saturated rings. The Bertz CT molecular complexity index is 516. The molecule has 88 valence electrons. The second kappa shape index (κ2) is 5.10. The minimum absolute atomic E-state index is 0.0629. The van der Waals surface area contributed by atoms with Crippen LogP contribution in [0.1, 0.15) is 12.7 Å². The molecule has 1 heterocycles. The van der Waals surface area contributed by atoms with Crippen LogP contribution in [0.15, 0.2) is 50.8 Å². The Morgan fingerprint density at radius 2 is 1.88 bits per heavy atom. The first-order valence-corrected chi connectivity index (χ1v) is 6.07. The number of aryl methyl sites for hydroxylation is 1. The van der Waals surface area contributed by atoms with Crippen LogP contribution in [0.25, 0.3) is 0 Å². The Hall–Kier alpha value is -1.68. The minimum Gasteiger partial charge on any atom is -0.455 e. The van der Waals surface area contributed by atoms with Crippen molar-refractivity contribution in [3.63, 3.8) is 0 Å². The predicted octanol–water partition coefficient (Wildman–Crippen LogP) is 3.70. The van der Waals surface area contributed by atoms with Gasteiger partial charge in [0.1, 0.15) is 5.76 Å². The fourth-order valence-corrected chi connectivity index (χ4v) is 2.21. The molecular formula is C13H13NO2S. The van der Waals surface area contributed by atoms with E-state index in [1.54, 1.807) is 11.8 Å². The Balaban J connectivity index is 2.05. The first kappa shape index (κ1) is 11.8. The molecule has 1 aromatic heterocycles. The van der Waals surface area contributed by atoms with Crippen LogP contribution in [-0.4, -0.2) is 5.91 Å². The lowest BCUT2D eigenvalue weighted by Gasteiger charge is -2.03. The van der Waals surface area contributed by atoms with Gasteiger partial charge in [-0.15, -0.1) is 0 Å². The highest BCUT2D eigenvalue weighted by molar-refractivity contribution is 7.99. The van der Waals surface area contributed by atoms with Crippen LogP contribution < -0.4 is 5.32 Å². The third-order valence-corrected chi connectivity index (χ3v) is 3.04. The van der Waals surface area contributed by atoms with E-state index in [1.165, 1.54) is 6.92 Å². The maximum atomic E-state index is 10.9. The SMILES string of the molecule is CC(=O)Nc1ccc(Sc2ccc(C)o2)cc1. The van der Waals surface area contributed by atoms with Gasteiger partial charge in [0.2, 0.25) is 5.91 Å². The molecule has 2 aromatic rings. The molecule has 0 aliphatic rings. The molecule has 2 rings (SSSR count). The van der Waals surface area contributed by atoms with Gasteiger partial charge in [-0.25, -0.2) is 0 Å². The van der Waals surface area contributed by atoms with Crippen molar-refractivity contribution in [2.24, 2.45) is 0 Å². The van der Waals surface area contributed by atoms with Gasteiger partial charge in [0.05, 0.1) is 0 Å². The number of carbonyl (C=O) groups excluding carboxylic acids is 1. The van der Waals surface area contributed by atoms with Crippen LogP contribution in [0.4, 0.5) is 5.69 Å². The summed E-state index contributed by atoms with van der Waals surface area (Å²) in [5.74, 6) is 0.842. The maximum Gasteiger partial charge on any atom is 0.221 e. The number of anilines is 1. The Kier molecular flexibility index (Phi) is 3.54.